The fraction of sp³-hybridized carbons (Fsp3) is 0.0909. The Hall–Kier alpha value is -0.640. The van der Waals surface area contributed by atoms with Crippen LogP contribution < -0.4 is 4.72 Å². The molecule has 1 aromatic heterocycles. The minimum atomic E-state index is -3.57. The van der Waals surface area contributed by atoms with E-state index in [0.29, 0.717) is 10.6 Å². The standard InChI is InChI=1S/C11H10INO3S2/c12-8-1-3-9(4-2-8)13-18(15,16)11-5-10(6-14)17-7-11/h1-5,7,13-14H,6H2. The van der Waals surface area contributed by atoms with Crippen molar-refractivity contribution >= 4 is 49.6 Å². The van der Waals surface area contributed by atoms with Gasteiger partial charge in [-0.2, -0.15) is 0 Å². The molecule has 18 heavy (non-hydrogen) atoms. The summed E-state index contributed by atoms with van der Waals surface area (Å²) < 4.78 is 27.6. The molecule has 0 aliphatic heterocycles. The number of anilines is 1. The van der Waals surface area contributed by atoms with Gasteiger partial charge in [0.15, 0.2) is 0 Å². The van der Waals surface area contributed by atoms with E-state index in [9.17, 15) is 8.42 Å². The van der Waals surface area contributed by atoms with Crippen molar-refractivity contribution in [1.82, 2.24) is 0 Å². The average Bonchev–Trinajstić information content (AvgIpc) is 2.81. The van der Waals surface area contributed by atoms with Crippen LogP contribution in [0.2, 0.25) is 0 Å². The van der Waals surface area contributed by atoms with E-state index < -0.39 is 10.0 Å². The first kappa shape index (κ1) is 13.8. The molecule has 1 aromatic carbocycles. The van der Waals surface area contributed by atoms with Crippen LogP contribution in [-0.4, -0.2) is 13.5 Å². The van der Waals surface area contributed by atoms with Crippen LogP contribution in [0.3, 0.4) is 0 Å². The fourth-order valence-electron chi connectivity index (χ4n) is 1.32. The summed E-state index contributed by atoms with van der Waals surface area (Å²) in [6.07, 6.45) is 0. The van der Waals surface area contributed by atoms with Gasteiger partial charge in [-0.3, -0.25) is 4.72 Å². The lowest BCUT2D eigenvalue weighted by Gasteiger charge is -2.06. The van der Waals surface area contributed by atoms with E-state index in [1.54, 1.807) is 12.1 Å². The van der Waals surface area contributed by atoms with Crippen molar-refractivity contribution in [3.8, 4) is 0 Å². The summed E-state index contributed by atoms with van der Waals surface area (Å²) in [4.78, 5) is 0.799. The smallest absolute Gasteiger partial charge is 0.262 e. The van der Waals surface area contributed by atoms with Gasteiger partial charge in [0.1, 0.15) is 0 Å². The van der Waals surface area contributed by atoms with Crippen molar-refractivity contribution in [2.75, 3.05) is 4.72 Å². The average molecular weight is 395 g/mol. The molecule has 0 saturated heterocycles. The molecule has 7 heteroatoms. The molecule has 2 rings (SSSR count). The molecule has 0 bridgehead atoms. The summed E-state index contributed by atoms with van der Waals surface area (Å²) in [5.41, 5.74) is 0.521. The highest BCUT2D eigenvalue weighted by atomic mass is 127. The van der Waals surface area contributed by atoms with Crippen LogP contribution in [-0.2, 0) is 16.6 Å². The van der Waals surface area contributed by atoms with Crippen LogP contribution in [0, 0.1) is 3.57 Å². The van der Waals surface area contributed by atoms with Crippen LogP contribution in [0.15, 0.2) is 40.6 Å². The van der Waals surface area contributed by atoms with Crippen LogP contribution in [0.4, 0.5) is 5.69 Å². The number of nitrogens with one attached hydrogen (secondary N) is 1. The van der Waals surface area contributed by atoms with Gasteiger partial charge in [-0.25, -0.2) is 8.42 Å². The topological polar surface area (TPSA) is 66.4 Å². The van der Waals surface area contributed by atoms with E-state index in [2.05, 4.69) is 27.3 Å². The van der Waals surface area contributed by atoms with Crippen LogP contribution >= 0.6 is 33.9 Å². The molecule has 1 heterocycles. The van der Waals surface area contributed by atoms with Gasteiger partial charge < -0.3 is 5.11 Å². The molecular weight excluding hydrogens is 385 g/mol. The lowest BCUT2D eigenvalue weighted by Crippen LogP contribution is -2.11. The van der Waals surface area contributed by atoms with Crippen molar-refractivity contribution in [1.29, 1.82) is 0 Å². The summed E-state index contributed by atoms with van der Waals surface area (Å²) in [6.45, 7) is -0.149. The molecule has 0 fully saturated rings. The van der Waals surface area contributed by atoms with E-state index in [1.807, 2.05) is 12.1 Å². The zero-order valence-electron chi connectivity index (χ0n) is 9.13. The summed E-state index contributed by atoms with van der Waals surface area (Å²) in [6, 6.07) is 8.54. The summed E-state index contributed by atoms with van der Waals surface area (Å²) in [5, 5.41) is 10.4. The molecule has 0 aliphatic rings. The minimum absolute atomic E-state index is 0.149. The Labute approximate surface area is 123 Å². The number of hydrogen-bond acceptors (Lipinski definition) is 4. The van der Waals surface area contributed by atoms with Gasteiger partial charge in [-0.15, -0.1) is 11.3 Å². The second-order valence-corrected chi connectivity index (χ2v) is 7.44. The third kappa shape index (κ3) is 3.22. The Kier molecular flexibility index (Phi) is 4.25. The summed E-state index contributed by atoms with van der Waals surface area (Å²) in [7, 11) is -3.57. The predicted molar refractivity (Wildman–Crippen MR) is 80.2 cm³/mol. The lowest BCUT2D eigenvalue weighted by atomic mass is 10.3. The van der Waals surface area contributed by atoms with Crippen molar-refractivity contribution in [3.05, 3.63) is 44.2 Å². The zero-order valence-corrected chi connectivity index (χ0v) is 12.9. The second-order valence-electron chi connectivity index (χ2n) is 3.52. The van der Waals surface area contributed by atoms with Crippen molar-refractivity contribution < 1.29 is 13.5 Å². The van der Waals surface area contributed by atoms with E-state index >= 15 is 0 Å². The monoisotopic (exact) mass is 395 g/mol. The molecule has 0 spiro atoms. The SMILES string of the molecule is O=S(=O)(Nc1ccc(I)cc1)c1csc(CO)c1. The van der Waals surface area contributed by atoms with Crippen molar-refractivity contribution in [2.24, 2.45) is 0 Å². The maximum atomic E-state index is 12.0. The van der Waals surface area contributed by atoms with E-state index in [1.165, 1.54) is 22.8 Å². The van der Waals surface area contributed by atoms with Crippen molar-refractivity contribution in [2.45, 2.75) is 11.5 Å². The van der Waals surface area contributed by atoms with Gasteiger partial charge >= 0.3 is 0 Å². The Bertz CT molecular complexity index is 635. The zero-order chi connectivity index (χ0) is 13.2. The Morgan fingerprint density at radius 1 is 1.28 bits per heavy atom. The highest BCUT2D eigenvalue weighted by Crippen LogP contribution is 2.22. The third-order valence-corrected chi connectivity index (χ3v) is 5.34. The number of halogens is 1. The number of hydrogen-bond donors (Lipinski definition) is 2. The first-order chi connectivity index (χ1) is 8.51. The number of thiophene rings is 1. The molecule has 4 nitrogen and oxygen atoms in total. The van der Waals surface area contributed by atoms with E-state index in [-0.39, 0.29) is 11.5 Å². The first-order valence-electron chi connectivity index (χ1n) is 4.98. The number of benzene rings is 1. The van der Waals surface area contributed by atoms with Gasteiger partial charge in [0.05, 0.1) is 11.5 Å². The first-order valence-corrected chi connectivity index (χ1v) is 8.42. The number of sulfonamides is 1. The highest BCUT2D eigenvalue weighted by molar-refractivity contribution is 14.1. The second kappa shape index (κ2) is 5.55. The Morgan fingerprint density at radius 3 is 2.50 bits per heavy atom. The summed E-state index contributed by atoms with van der Waals surface area (Å²) >= 11 is 3.37. The van der Waals surface area contributed by atoms with E-state index in [0.717, 1.165) is 3.57 Å². The van der Waals surface area contributed by atoms with Gasteiger partial charge in [0.2, 0.25) is 0 Å². The Balaban J connectivity index is 2.24. The van der Waals surface area contributed by atoms with Crippen LogP contribution in [0.5, 0.6) is 0 Å². The van der Waals surface area contributed by atoms with Gasteiger partial charge in [0, 0.05) is 19.5 Å². The molecule has 0 aliphatic carbocycles. The maximum Gasteiger partial charge on any atom is 0.262 e. The molecule has 96 valence electrons. The highest BCUT2D eigenvalue weighted by Gasteiger charge is 2.16. The van der Waals surface area contributed by atoms with Gasteiger partial charge in [-0.1, -0.05) is 0 Å². The molecule has 0 amide bonds. The quantitative estimate of drug-likeness (QED) is 0.783. The fourth-order valence-corrected chi connectivity index (χ4v) is 3.87. The molecule has 0 radical (unpaired) electrons. The molecule has 2 aromatic rings. The lowest BCUT2D eigenvalue weighted by molar-refractivity contribution is 0.285. The molecular formula is C11H10INO3S2. The molecule has 0 saturated carbocycles. The number of aliphatic hydroxyl groups excluding tert-OH is 1. The van der Waals surface area contributed by atoms with Gasteiger partial charge in [-0.05, 0) is 52.9 Å². The van der Waals surface area contributed by atoms with Crippen LogP contribution in [0.1, 0.15) is 4.88 Å². The van der Waals surface area contributed by atoms with Crippen molar-refractivity contribution in [3.63, 3.8) is 0 Å². The summed E-state index contributed by atoms with van der Waals surface area (Å²) in [5.74, 6) is 0. The third-order valence-electron chi connectivity index (χ3n) is 2.19. The van der Waals surface area contributed by atoms with E-state index in [4.69, 9.17) is 5.11 Å². The van der Waals surface area contributed by atoms with Gasteiger partial charge in [0.25, 0.3) is 10.0 Å². The number of rotatable bonds is 4. The predicted octanol–water partition coefficient (Wildman–Crippen LogP) is 2.65. The molecule has 0 unspecified atom stereocenters. The Morgan fingerprint density at radius 2 is 1.94 bits per heavy atom. The van der Waals surface area contributed by atoms with Crippen LogP contribution in [0.25, 0.3) is 0 Å². The number of aliphatic hydroxyl groups is 1. The minimum Gasteiger partial charge on any atom is -0.391 e. The maximum absolute atomic E-state index is 12.0. The normalized spacial score (nSPS) is 11.4. The largest absolute Gasteiger partial charge is 0.391 e. The molecule has 0 atom stereocenters. The molecule has 2 N–H and O–H groups in total.